The standard InChI is InChI=1S/C24H21ClN6O3S/c1-33-20-5-3-4-17(22(20)34-2)14-27-28-21(32)15-35-24-30-29-23(16-10-12-26-13-11-16)31(24)19-8-6-18(25)7-9-19/h3-14H,15H2,1-2H3,(H,28,32). The molecule has 2 heterocycles. The van der Waals surface area contributed by atoms with Crippen LogP contribution in [-0.2, 0) is 4.79 Å². The molecule has 4 rings (SSSR count). The fourth-order valence-corrected chi connectivity index (χ4v) is 4.09. The Morgan fingerprint density at radius 3 is 2.57 bits per heavy atom. The van der Waals surface area contributed by atoms with E-state index in [4.69, 9.17) is 21.1 Å². The van der Waals surface area contributed by atoms with Gasteiger partial charge in [0, 0.05) is 34.2 Å². The van der Waals surface area contributed by atoms with Crippen LogP contribution in [-0.4, -0.2) is 51.8 Å². The zero-order valence-electron chi connectivity index (χ0n) is 18.9. The lowest BCUT2D eigenvalue weighted by molar-refractivity contribution is -0.118. The molecule has 0 saturated carbocycles. The van der Waals surface area contributed by atoms with E-state index in [0.717, 1.165) is 11.3 Å². The van der Waals surface area contributed by atoms with Gasteiger partial charge in [0.2, 0.25) is 0 Å². The van der Waals surface area contributed by atoms with Crippen LogP contribution in [0.3, 0.4) is 0 Å². The third-order valence-corrected chi connectivity index (χ3v) is 6.00. The molecule has 0 unspecified atom stereocenters. The van der Waals surface area contributed by atoms with E-state index >= 15 is 0 Å². The van der Waals surface area contributed by atoms with Crippen LogP contribution in [0.4, 0.5) is 0 Å². The number of benzene rings is 2. The van der Waals surface area contributed by atoms with Gasteiger partial charge in [-0.15, -0.1) is 10.2 Å². The first-order chi connectivity index (χ1) is 17.1. The van der Waals surface area contributed by atoms with E-state index in [2.05, 4.69) is 25.7 Å². The number of thioether (sulfide) groups is 1. The summed E-state index contributed by atoms with van der Waals surface area (Å²) in [5.41, 5.74) is 4.86. The molecule has 0 radical (unpaired) electrons. The molecule has 2 aromatic carbocycles. The lowest BCUT2D eigenvalue weighted by Crippen LogP contribution is -2.20. The van der Waals surface area contributed by atoms with Crippen LogP contribution >= 0.6 is 23.4 Å². The number of hydrogen-bond donors (Lipinski definition) is 1. The van der Waals surface area contributed by atoms with Gasteiger partial charge in [0.05, 0.1) is 26.2 Å². The van der Waals surface area contributed by atoms with E-state index in [0.29, 0.717) is 33.1 Å². The van der Waals surface area contributed by atoms with Crippen molar-refractivity contribution in [3.63, 3.8) is 0 Å². The van der Waals surface area contributed by atoms with Crippen molar-refractivity contribution in [1.82, 2.24) is 25.2 Å². The number of pyridine rings is 1. The summed E-state index contributed by atoms with van der Waals surface area (Å²) in [5.74, 6) is 1.51. The molecule has 11 heteroatoms. The maximum Gasteiger partial charge on any atom is 0.250 e. The van der Waals surface area contributed by atoms with E-state index in [-0.39, 0.29) is 11.7 Å². The zero-order chi connectivity index (χ0) is 24.6. The SMILES string of the molecule is COc1cccc(C=NNC(=O)CSc2nnc(-c3ccncc3)n2-c2ccc(Cl)cc2)c1OC. The summed E-state index contributed by atoms with van der Waals surface area (Å²) in [6, 6.07) is 16.4. The molecular weight excluding hydrogens is 488 g/mol. The van der Waals surface area contributed by atoms with E-state index in [1.54, 1.807) is 50.9 Å². The number of nitrogens with zero attached hydrogens (tertiary/aromatic N) is 5. The number of aromatic nitrogens is 4. The smallest absolute Gasteiger partial charge is 0.250 e. The van der Waals surface area contributed by atoms with Crippen LogP contribution in [0.25, 0.3) is 17.1 Å². The minimum Gasteiger partial charge on any atom is -0.493 e. The minimum absolute atomic E-state index is 0.0780. The Morgan fingerprint density at radius 2 is 1.86 bits per heavy atom. The normalized spacial score (nSPS) is 10.9. The monoisotopic (exact) mass is 508 g/mol. The number of ether oxygens (including phenoxy) is 2. The number of methoxy groups -OCH3 is 2. The largest absolute Gasteiger partial charge is 0.493 e. The zero-order valence-corrected chi connectivity index (χ0v) is 20.5. The third-order valence-electron chi connectivity index (χ3n) is 4.82. The second kappa shape index (κ2) is 11.5. The van der Waals surface area contributed by atoms with Gasteiger partial charge in [0.15, 0.2) is 22.5 Å². The van der Waals surface area contributed by atoms with E-state index in [9.17, 15) is 4.79 Å². The average Bonchev–Trinajstić information content (AvgIpc) is 3.32. The number of hydrazone groups is 1. The van der Waals surface area contributed by atoms with Crippen molar-refractivity contribution in [3.8, 4) is 28.6 Å². The lowest BCUT2D eigenvalue weighted by Gasteiger charge is -2.10. The highest BCUT2D eigenvalue weighted by Crippen LogP contribution is 2.30. The number of carbonyl (C=O) groups excluding carboxylic acids is 1. The molecular formula is C24H21ClN6O3S. The maximum absolute atomic E-state index is 12.5. The number of carbonyl (C=O) groups is 1. The number of nitrogens with one attached hydrogen (secondary N) is 1. The highest BCUT2D eigenvalue weighted by Gasteiger charge is 2.17. The summed E-state index contributed by atoms with van der Waals surface area (Å²) >= 11 is 7.31. The molecule has 9 nitrogen and oxygen atoms in total. The molecule has 0 bridgehead atoms. The van der Waals surface area contributed by atoms with Gasteiger partial charge >= 0.3 is 0 Å². The van der Waals surface area contributed by atoms with Gasteiger partial charge in [-0.3, -0.25) is 14.3 Å². The fourth-order valence-electron chi connectivity index (χ4n) is 3.22. The van der Waals surface area contributed by atoms with Gasteiger partial charge in [-0.1, -0.05) is 29.4 Å². The number of rotatable bonds is 9. The second-order valence-electron chi connectivity index (χ2n) is 7.02. The minimum atomic E-state index is -0.302. The van der Waals surface area contributed by atoms with Gasteiger partial charge in [-0.2, -0.15) is 5.10 Å². The summed E-state index contributed by atoms with van der Waals surface area (Å²) in [5, 5.41) is 13.9. The molecule has 1 amide bonds. The van der Waals surface area contributed by atoms with Crippen molar-refractivity contribution in [1.29, 1.82) is 0 Å². The van der Waals surface area contributed by atoms with Gasteiger partial charge < -0.3 is 9.47 Å². The Labute approximate surface area is 211 Å². The Bertz CT molecular complexity index is 1330. The summed E-state index contributed by atoms with van der Waals surface area (Å²) in [6.45, 7) is 0. The van der Waals surface area contributed by atoms with Crippen LogP contribution in [0.2, 0.25) is 5.02 Å². The molecule has 0 aliphatic heterocycles. The molecule has 2 aromatic heterocycles. The molecule has 0 atom stereocenters. The van der Waals surface area contributed by atoms with Crippen molar-refractivity contribution < 1.29 is 14.3 Å². The van der Waals surface area contributed by atoms with Gasteiger partial charge in [0.1, 0.15) is 0 Å². The highest BCUT2D eigenvalue weighted by atomic mass is 35.5. The summed E-state index contributed by atoms with van der Waals surface area (Å²) in [7, 11) is 3.10. The van der Waals surface area contributed by atoms with Crippen molar-refractivity contribution >= 4 is 35.5 Å². The molecule has 0 fully saturated rings. The Kier molecular flexibility index (Phi) is 7.96. The molecule has 35 heavy (non-hydrogen) atoms. The van der Waals surface area contributed by atoms with Gasteiger partial charge in [0.25, 0.3) is 5.91 Å². The summed E-state index contributed by atoms with van der Waals surface area (Å²) in [6.07, 6.45) is 4.87. The summed E-state index contributed by atoms with van der Waals surface area (Å²) < 4.78 is 12.5. The van der Waals surface area contributed by atoms with E-state index in [1.807, 2.05) is 34.9 Å². The summed E-state index contributed by atoms with van der Waals surface area (Å²) in [4.78, 5) is 16.5. The van der Waals surface area contributed by atoms with Gasteiger partial charge in [-0.25, -0.2) is 5.43 Å². The van der Waals surface area contributed by atoms with Crippen molar-refractivity contribution in [2.75, 3.05) is 20.0 Å². The second-order valence-corrected chi connectivity index (χ2v) is 8.40. The average molecular weight is 509 g/mol. The van der Waals surface area contributed by atoms with Crippen LogP contribution in [0.15, 0.2) is 77.2 Å². The topological polar surface area (TPSA) is 104 Å². The maximum atomic E-state index is 12.5. The quantitative estimate of drug-likeness (QED) is 0.205. The first-order valence-corrected chi connectivity index (χ1v) is 11.7. The van der Waals surface area contributed by atoms with Crippen molar-refractivity contribution in [3.05, 3.63) is 77.6 Å². The van der Waals surface area contributed by atoms with Crippen LogP contribution in [0.5, 0.6) is 11.5 Å². The van der Waals surface area contributed by atoms with Gasteiger partial charge in [-0.05, 0) is 48.5 Å². The fraction of sp³-hybridized carbons (Fsp3) is 0.125. The number of hydrogen-bond acceptors (Lipinski definition) is 8. The molecule has 0 spiro atoms. The lowest BCUT2D eigenvalue weighted by atomic mass is 10.2. The molecule has 4 aromatic rings. The predicted molar refractivity (Wildman–Crippen MR) is 136 cm³/mol. The number of para-hydroxylation sites is 1. The Balaban J connectivity index is 1.49. The number of halogens is 1. The van der Waals surface area contributed by atoms with Crippen LogP contribution < -0.4 is 14.9 Å². The third kappa shape index (κ3) is 5.79. The molecule has 1 N–H and O–H groups in total. The van der Waals surface area contributed by atoms with Crippen molar-refractivity contribution in [2.24, 2.45) is 5.10 Å². The first-order valence-electron chi connectivity index (χ1n) is 10.4. The van der Waals surface area contributed by atoms with E-state index < -0.39 is 0 Å². The van der Waals surface area contributed by atoms with E-state index in [1.165, 1.54) is 18.0 Å². The van der Waals surface area contributed by atoms with Crippen molar-refractivity contribution in [2.45, 2.75) is 5.16 Å². The Hall–Kier alpha value is -3.89. The number of amides is 1. The molecule has 0 saturated heterocycles. The van der Waals surface area contributed by atoms with Crippen LogP contribution in [0, 0.1) is 0 Å². The molecule has 0 aliphatic carbocycles. The Morgan fingerprint density at radius 1 is 1.09 bits per heavy atom. The predicted octanol–water partition coefficient (Wildman–Crippen LogP) is 4.24. The molecule has 178 valence electrons. The first kappa shape index (κ1) is 24.2. The van der Waals surface area contributed by atoms with Crippen LogP contribution in [0.1, 0.15) is 5.56 Å². The highest BCUT2D eigenvalue weighted by molar-refractivity contribution is 7.99. The molecule has 0 aliphatic rings.